The lowest BCUT2D eigenvalue weighted by atomic mass is 9.97. The van der Waals surface area contributed by atoms with Gasteiger partial charge in [-0.3, -0.25) is 19.9 Å². The Hall–Kier alpha value is -2.78. The molecule has 0 bridgehead atoms. The van der Waals surface area contributed by atoms with E-state index in [2.05, 4.69) is 30.5 Å². The molecule has 0 aromatic carbocycles. The lowest BCUT2D eigenvalue weighted by molar-refractivity contribution is -0.115. The molecule has 8 nitrogen and oxygen atoms in total. The molecule has 2 aliphatic heterocycles. The number of imide groups is 1. The molecular formula is C20H22N6O2S. The third-order valence-electron chi connectivity index (χ3n) is 4.99. The van der Waals surface area contributed by atoms with E-state index < -0.39 is 0 Å². The number of hydrogen-bond donors (Lipinski definition) is 2. The minimum absolute atomic E-state index is 0.352. The van der Waals surface area contributed by atoms with Gasteiger partial charge in [-0.25, -0.2) is 9.97 Å². The van der Waals surface area contributed by atoms with Crippen molar-refractivity contribution in [2.45, 2.75) is 19.4 Å². The average molecular weight is 411 g/mol. The number of carbonyl (C=O) groups is 2. The predicted molar refractivity (Wildman–Crippen MR) is 112 cm³/mol. The van der Waals surface area contributed by atoms with Crippen LogP contribution in [0.4, 0.5) is 10.7 Å². The largest absolute Gasteiger partial charge is 0.341 e. The van der Waals surface area contributed by atoms with Crippen molar-refractivity contribution >= 4 is 34.9 Å². The smallest absolute Gasteiger partial charge is 0.290 e. The van der Waals surface area contributed by atoms with Crippen LogP contribution in [0.5, 0.6) is 0 Å². The highest BCUT2D eigenvalue weighted by Gasteiger charge is 2.25. The van der Waals surface area contributed by atoms with Gasteiger partial charge in [0.2, 0.25) is 5.95 Å². The van der Waals surface area contributed by atoms with E-state index in [1.807, 2.05) is 24.5 Å². The van der Waals surface area contributed by atoms with E-state index in [1.165, 1.54) is 5.56 Å². The lowest BCUT2D eigenvalue weighted by Gasteiger charge is -2.32. The normalized spacial score (nSPS) is 19.0. The Morgan fingerprint density at radius 1 is 1.17 bits per heavy atom. The lowest BCUT2D eigenvalue weighted by Crippen LogP contribution is -2.38. The summed E-state index contributed by atoms with van der Waals surface area (Å²) in [4.78, 5) is 38.5. The fourth-order valence-electron chi connectivity index (χ4n) is 3.41. The molecule has 0 radical (unpaired) electrons. The van der Waals surface area contributed by atoms with Crippen molar-refractivity contribution in [2.24, 2.45) is 5.92 Å². The maximum Gasteiger partial charge on any atom is 0.290 e. The number of nitrogens with zero attached hydrogens (tertiary/aromatic N) is 4. The first-order chi connectivity index (χ1) is 14.2. The summed E-state index contributed by atoms with van der Waals surface area (Å²) in [5, 5.41) is 5.43. The molecular weight excluding hydrogens is 388 g/mol. The van der Waals surface area contributed by atoms with Crippen LogP contribution in [0.3, 0.4) is 0 Å². The first-order valence-corrected chi connectivity index (χ1v) is 10.4. The van der Waals surface area contributed by atoms with Crippen LogP contribution in [0, 0.1) is 5.92 Å². The van der Waals surface area contributed by atoms with E-state index in [9.17, 15) is 9.59 Å². The van der Waals surface area contributed by atoms with Gasteiger partial charge in [0.15, 0.2) is 0 Å². The van der Waals surface area contributed by atoms with E-state index in [1.54, 1.807) is 18.3 Å². The first kappa shape index (κ1) is 19.5. The third kappa shape index (κ3) is 5.18. The van der Waals surface area contributed by atoms with E-state index in [0.717, 1.165) is 50.8 Å². The summed E-state index contributed by atoms with van der Waals surface area (Å²) in [6, 6.07) is 5.79. The summed E-state index contributed by atoms with van der Waals surface area (Å²) in [6.07, 6.45) is 9.10. The number of thioether (sulfide) groups is 1. The number of carbonyl (C=O) groups excluding carboxylic acids is 2. The summed E-state index contributed by atoms with van der Waals surface area (Å²) in [5.74, 6) is 0.917. The molecule has 29 heavy (non-hydrogen) atoms. The number of rotatable bonds is 6. The zero-order valence-electron chi connectivity index (χ0n) is 15.9. The zero-order chi connectivity index (χ0) is 20.1. The van der Waals surface area contributed by atoms with Crippen molar-refractivity contribution < 1.29 is 9.59 Å². The molecule has 0 aliphatic carbocycles. The highest BCUT2D eigenvalue weighted by Crippen LogP contribution is 2.26. The number of amides is 2. The Morgan fingerprint density at radius 3 is 2.69 bits per heavy atom. The van der Waals surface area contributed by atoms with Crippen LogP contribution in [0.15, 0.2) is 41.7 Å². The number of nitrogens with one attached hydrogen (secondary N) is 2. The van der Waals surface area contributed by atoms with Crippen molar-refractivity contribution in [1.29, 1.82) is 0 Å². The van der Waals surface area contributed by atoms with E-state index in [4.69, 9.17) is 0 Å². The van der Waals surface area contributed by atoms with Gasteiger partial charge < -0.3 is 10.2 Å². The Labute approximate surface area is 173 Å². The maximum atomic E-state index is 11.7. The fourth-order valence-corrected chi connectivity index (χ4v) is 4.08. The van der Waals surface area contributed by atoms with Gasteiger partial charge in [-0.2, -0.15) is 0 Å². The molecule has 2 amide bonds. The molecule has 150 valence electrons. The Bertz CT molecular complexity index is 912. The second kappa shape index (κ2) is 9.15. The van der Waals surface area contributed by atoms with Crippen molar-refractivity contribution in [2.75, 3.05) is 24.5 Å². The zero-order valence-corrected chi connectivity index (χ0v) is 16.7. The molecule has 4 rings (SSSR count). The Kier molecular flexibility index (Phi) is 6.16. The molecule has 2 saturated heterocycles. The first-order valence-electron chi connectivity index (χ1n) is 9.60. The van der Waals surface area contributed by atoms with Crippen LogP contribution < -0.4 is 15.5 Å². The van der Waals surface area contributed by atoms with Gasteiger partial charge >= 0.3 is 0 Å². The van der Waals surface area contributed by atoms with Gasteiger partial charge in [0.05, 0.1) is 10.6 Å². The molecule has 0 spiro atoms. The molecule has 0 atom stereocenters. The van der Waals surface area contributed by atoms with Crippen LogP contribution in [0.1, 0.15) is 24.1 Å². The van der Waals surface area contributed by atoms with Crippen molar-refractivity contribution in [3.63, 3.8) is 0 Å². The Morgan fingerprint density at radius 2 is 1.97 bits per heavy atom. The number of hydrogen-bond acceptors (Lipinski definition) is 8. The molecule has 2 aromatic heterocycles. The molecule has 2 aromatic rings. The monoisotopic (exact) mass is 410 g/mol. The second-order valence-corrected chi connectivity index (χ2v) is 8.07. The predicted octanol–water partition coefficient (Wildman–Crippen LogP) is 2.20. The third-order valence-corrected chi connectivity index (χ3v) is 5.80. The number of piperidine rings is 1. The van der Waals surface area contributed by atoms with E-state index >= 15 is 0 Å². The molecule has 2 aliphatic rings. The van der Waals surface area contributed by atoms with Gasteiger partial charge in [0, 0.05) is 38.2 Å². The molecule has 0 unspecified atom stereocenters. The topological polar surface area (TPSA) is 100 Å². The maximum absolute atomic E-state index is 11.7. The van der Waals surface area contributed by atoms with Gasteiger partial charge in [-0.05, 0) is 66.9 Å². The fraction of sp³-hybridized carbons (Fsp3) is 0.350. The number of pyridine rings is 1. The van der Waals surface area contributed by atoms with Crippen LogP contribution >= 0.6 is 11.8 Å². The Balaban J connectivity index is 1.29. The molecule has 2 N–H and O–H groups in total. The quantitative estimate of drug-likeness (QED) is 0.699. The van der Waals surface area contributed by atoms with Crippen LogP contribution in [-0.4, -0.2) is 45.7 Å². The molecule has 0 saturated carbocycles. The second-order valence-electron chi connectivity index (χ2n) is 7.05. The SMILES string of the molecule is O=C1NC(=O)/C(=C/c2ccnc(N3CCC(CNCc4ccncc4)CC3)n2)S1. The van der Waals surface area contributed by atoms with E-state index in [-0.39, 0.29) is 11.1 Å². The summed E-state index contributed by atoms with van der Waals surface area (Å²) in [6.45, 7) is 3.64. The minimum Gasteiger partial charge on any atom is -0.341 e. The van der Waals surface area contributed by atoms with Crippen LogP contribution in [-0.2, 0) is 11.3 Å². The van der Waals surface area contributed by atoms with Gasteiger partial charge in [-0.1, -0.05) is 0 Å². The van der Waals surface area contributed by atoms with Gasteiger partial charge in [0.25, 0.3) is 11.1 Å². The van der Waals surface area contributed by atoms with Gasteiger partial charge in [0.1, 0.15) is 0 Å². The van der Waals surface area contributed by atoms with Gasteiger partial charge in [-0.15, -0.1) is 0 Å². The summed E-state index contributed by atoms with van der Waals surface area (Å²) >= 11 is 0.893. The van der Waals surface area contributed by atoms with Crippen molar-refractivity contribution in [3.8, 4) is 0 Å². The standard InChI is InChI=1S/C20H22N6O2S/c27-18-17(29-20(28)25-18)11-16-3-8-23-19(24-16)26-9-4-15(5-10-26)13-22-12-14-1-6-21-7-2-14/h1-3,6-8,11,15,22H,4-5,9-10,12-13H2,(H,25,27,28)/b17-11-. The number of aromatic nitrogens is 3. The molecule has 2 fully saturated rings. The summed E-state index contributed by atoms with van der Waals surface area (Å²) in [7, 11) is 0. The molecule has 9 heteroatoms. The average Bonchev–Trinajstić information content (AvgIpc) is 3.06. The van der Waals surface area contributed by atoms with E-state index in [0.29, 0.717) is 22.5 Å². The van der Waals surface area contributed by atoms with Crippen LogP contribution in [0.2, 0.25) is 0 Å². The van der Waals surface area contributed by atoms with Crippen molar-refractivity contribution in [3.05, 3.63) is 53.0 Å². The highest BCUT2D eigenvalue weighted by atomic mass is 32.2. The summed E-state index contributed by atoms with van der Waals surface area (Å²) in [5.41, 5.74) is 1.87. The van der Waals surface area contributed by atoms with Crippen LogP contribution in [0.25, 0.3) is 6.08 Å². The number of anilines is 1. The molecule has 4 heterocycles. The van der Waals surface area contributed by atoms with Crippen molar-refractivity contribution in [1.82, 2.24) is 25.6 Å². The summed E-state index contributed by atoms with van der Waals surface area (Å²) < 4.78 is 0. The highest BCUT2D eigenvalue weighted by molar-refractivity contribution is 8.18. The minimum atomic E-state index is -0.375.